The van der Waals surface area contributed by atoms with Crippen LogP contribution in [0.5, 0.6) is 0 Å². The molecule has 4 rings (SSSR count). The average Bonchev–Trinajstić information content (AvgIpc) is 3.02. The number of fused-ring (bicyclic) bond motifs is 1. The van der Waals surface area contributed by atoms with Crippen molar-refractivity contribution in [3.05, 3.63) is 59.4 Å². The van der Waals surface area contributed by atoms with E-state index >= 15 is 0 Å². The number of aryl methyl sites for hydroxylation is 1. The maximum absolute atomic E-state index is 13.4. The van der Waals surface area contributed by atoms with Crippen LogP contribution in [0, 0.1) is 17.8 Å². The van der Waals surface area contributed by atoms with E-state index in [0.717, 1.165) is 47.7 Å². The van der Waals surface area contributed by atoms with E-state index in [9.17, 15) is 4.79 Å². The number of rotatable bonds is 6. The zero-order valence-electron chi connectivity index (χ0n) is 18.4. The molecule has 0 saturated heterocycles. The van der Waals surface area contributed by atoms with Crippen LogP contribution in [0.2, 0.25) is 0 Å². The van der Waals surface area contributed by atoms with Crippen LogP contribution >= 0.6 is 0 Å². The lowest BCUT2D eigenvalue weighted by atomic mass is 9.74. The Morgan fingerprint density at radius 3 is 2.53 bits per heavy atom. The Labute approximate surface area is 181 Å². The molecule has 3 heteroatoms. The molecular weight excluding hydrogens is 368 g/mol. The first kappa shape index (κ1) is 21.0. The fraction of sp³-hybridized carbons (Fsp3) is 0.519. The molecule has 2 aliphatic rings. The molecule has 30 heavy (non-hydrogen) atoms. The molecule has 1 aromatic heterocycles. The van der Waals surface area contributed by atoms with E-state index in [1.165, 1.54) is 37.7 Å². The van der Waals surface area contributed by atoms with Gasteiger partial charge in [0.2, 0.25) is 0 Å². The van der Waals surface area contributed by atoms with Gasteiger partial charge in [0.15, 0.2) is 5.78 Å². The molecule has 2 aromatic rings. The van der Waals surface area contributed by atoms with Crippen molar-refractivity contribution in [3.8, 4) is 0 Å². The number of Topliss-reactive ketones (excluding diaryl/α,β-unsaturated/α-hetero) is 1. The monoisotopic (exact) mass is 402 g/mol. The van der Waals surface area contributed by atoms with Crippen molar-refractivity contribution in [2.24, 2.45) is 22.7 Å². The summed E-state index contributed by atoms with van der Waals surface area (Å²) in [4.78, 5) is 22.6. The average molecular weight is 403 g/mol. The molecule has 2 heterocycles. The smallest absolute Gasteiger partial charge is 0.165 e. The molecular formula is C27H34N2O. The number of hydrogen-bond acceptors (Lipinski definition) is 3. The molecule has 0 amide bonds. The molecule has 1 aliphatic carbocycles. The van der Waals surface area contributed by atoms with E-state index in [2.05, 4.69) is 24.9 Å². The number of benzene rings is 1. The van der Waals surface area contributed by atoms with Crippen molar-refractivity contribution < 1.29 is 4.79 Å². The second-order valence-corrected chi connectivity index (χ2v) is 9.32. The van der Waals surface area contributed by atoms with Crippen molar-refractivity contribution in [1.82, 2.24) is 4.98 Å². The highest BCUT2D eigenvalue weighted by Gasteiger charge is 2.27. The van der Waals surface area contributed by atoms with Gasteiger partial charge >= 0.3 is 0 Å². The minimum absolute atomic E-state index is 0.252. The SMILES string of the molecule is CC(C1CCCCC1)[C@H](C)CC(=O)c1cccc2c1N=C(c1ccncc1)CCC2. The summed E-state index contributed by atoms with van der Waals surface area (Å²) in [6.45, 7) is 4.63. The van der Waals surface area contributed by atoms with Crippen molar-refractivity contribution in [2.75, 3.05) is 0 Å². The highest BCUT2D eigenvalue weighted by molar-refractivity contribution is 6.06. The first-order valence-electron chi connectivity index (χ1n) is 11.8. The summed E-state index contributed by atoms with van der Waals surface area (Å²) in [7, 11) is 0. The van der Waals surface area contributed by atoms with Gasteiger partial charge in [-0.05, 0) is 66.3 Å². The van der Waals surface area contributed by atoms with E-state index in [1.54, 1.807) is 0 Å². The van der Waals surface area contributed by atoms with Crippen LogP contribution in [0.4, 0.5) is 5.69 Å². The number of aliphatic imine (C=N–C) groups is 1. The molecule has 1 aromatic carbocycles. The molecule has 1 fully saturated rings. The molecule has 0 bridgehead atoms. The number of para-hydroxylation sites is 1. The van der Waals surface area contributed by atoms with Gasteiger partial charge in [0.1, 0.15) is 0 Å². The third-order valence-corrected chi connectivity index (χ3v) is 7.34. The summed E-state index contributed by atoms with van der Waals surface area (Å²) in [6, 6.07) is 10.2. The second-order valence-electron chi connectivity index (χ2n) is 9.32. The van der Waals surface area contributed by atoms with Crippen LogP contribution in [0.15, 0.2) is 47.7 Å². The maximum Gasteiger partial charge on any atom is 0.165 e. The third kappa shape index (κ3) is 4.71. The van der Waals surface area contributed by atoms with Gasteiger partial charge in [0.25, 0.3) is 0 Å². The Bertz CT molecular complexity index is 896. The largest absolute Gasteiger partial charge is 0.294 e. The Morgan fingerprint density at radius 2 is 1.77 bits per heavy atom. The Morgan fingerprint density at radius 1 is 1.00 bits per heavy atom. The van der Waals surface area contributed by atoms with Gasteiger partial charge in [-0.25, -0.2) is 0 Å². The van der Waals surface area contributed by atoms with Crippen molar-refractivity contribution in [3.63, 3.8) is 0 Å². The highest BCUT2D eigenvalue weighted by Crippen LogP contribution is 2.37. The molecule has 0 radical (unpaired) electrons. The number of hydrogen-bond donors (Lipinski definition) is 0. The standard InChI is InChI=1S/C27H34N2O/c1-19(20(2)21-8-4-3-5-9-21)18-26(30)24-12-6-10-23-11-7-13-25(29-27(23)24)22-14-16-28-17-15-22/h6,10,12,14-17,19-21H,3-5,7-9,11,13,18H2,1-2H3/t19-,20?/m1/s1. The first-order chi connectivity index (χ1) is 14.6. The van der Waals surface area contributed by atoms with Crippen molar-refractivity contribution in [2.45, 2.75) is 71.6 Å². The number of pyridine rings is 1. The fourth-order valence-corrected chi connectivity index (χ4v) is 5.25. The molecule has 1 aliphatic heterocycles. The molecule has 1 saturated carbocycles. The van der Waals surface area contributed by atoms with Crippen LogP contribution in [0.3, 0.4) is 0 Å². The van der Waals surface area contributed by atoms with Crippen LogP contribution in [-0.4, -0.2) is 16.5 Å². The van der Waals surface area contributed by atoms with Crippen molar-refractivity contribution >= 4 is 17.2 Å². The normalized spacial score (nSPS) is 19.3. The van der Waals surface area contributed by atoms with Crippen LogP contribution < -0.4 is 0 Å². The molecule has 1 unspecified atom stereocenters. The van der Waals surface area contributed by atoms with E-state index < -0.39 is 0 Å². The van der Waals surface area contributed by atoms with Gasteiger partial charge in [-0.1, -0.05) is 58.1 Å². The molecule has 158 valence electrons. The summed E-state index contributed by atoms with van der Waals surface area (Å²) in [6.07, 6.45) is 14.0. The van der Waals surface area contributed by atoms with E-state index in [4.69, 9.17) is 4.99 Å². The van der Waals surface area contributed by atoms with Gasteiger partial charge in [-0.15, -0.1) is 0 Å². The molecule has 0 N–H and O–H groups in total. The van der Waals surface area contributed by atoms with Gasteiger partial charge in [-0.2, -0.15) is 0 Å². The number of nitrogens with zero attached hydrogens (tertiary/aromatic N) is 2. The summed E-state index contributed by atoms with van der Waals surface area (Å²) in [5.41, 5.74) is 5.10. The second kappa shape index (κ2) is 9.68. The third-order valence-electron chi connectivity index (χ3n) is 7.34. The number of ketones is 1. The lowest BCUT2D eigenvalue weighted by Gasteiger charge is -2.31. The van der Waals surface area contributed by atoms with E-state index in [-0.39, 0.29) is 5.78 Å². The molecule has 0 spiro atoms. The quantitative estimate of drug-likeness (QED) is 0.490. The summed E-state index contributed by atoms with van der Waals surface area (Å²) in [5, 5.41) is 0. The Kier molecular flexibility index (Phi) is 6.76. The van der Waals surface area contributed by atoms with Gasteiger partial charge in [0, 0.05) is 30.1 Å². The number of carbonyl (C=O) groups excluding carboxylic acids is 1. The summed E-state index contributed by atoms with van der Waals surface area (Å²) >= 11 is 0. The first-order valence-corrected chi connectivity index (χ1v) is 11.8. The fourth-order valence-electron chi connectivity index (χ4n) is 5.25. The van der Waals surface area contributed by atoms with Gasteiger partial charge < -0.3 is 0 Å². The summed E-state index contributed by atoms with van der Waals surface area (Å²) < 4.78 is 0. The lowest BCUT2D eigenvalue weighted by Crippen LogP contribution is -2.23. The van der Waals surface area contributed by atoms with Gasteiger partial charge in [0.05, 0.1) is 5.69 Å². The lowest BCUT2D eigenvalue weighted by molar-refractivity contribution is 0.0930. The number of aromatic nitrogens is 1. The van der Waals surface area contributed by atoms with Crippen molar-refractivity contribution in [1.29, 1.82) is 0 Å². The summed E-state index contributed by atoms with van der Waals surface area (Å²) in [5.74, 6) is 2.05. The maximum atomic E-state index is 13.4. The van der Waals surface area contributed by atoms with Gasteiger partial charge in [-0.3, -0.25) is 14.8 Å². The van der Waals surface area contributed by atoms with Crippen LogP contribution in [0.1, 0.15) is 86.7 Å². The molecule has 3 nitrogen and oxygen atoms in total. The number of carbonyl (C=O) groups is 1. The highest BCUT2D eigenvalue weighted by atomic mass is 16.1. The van der Waals surface area contributed by atoms with E-state index in [0.29, 0.717) is 18.3 Å². The minimum Gasteiger partial charge on any atom is -0.294 e. The Hall–Kier alpha value is -2.29. The van der Waals surface area contributed by atoms with Crippen LogP contribution in [0.25, 0.3) is 0 Å². The zero-order chi connectivity index (χ0) is 20.9. The van der Waals surface area contributed by atoms with Crippen LogP contribution in [-0.2, 0) is 6.42 Å². The predicted octanol–water partition coefficient (Wildman–Crippen LogP) is 6.96. The topological polar surface area (TPSA) is 42.3 Å². The minimum atomic E-state index is 0.252. The Balaban J connectivity index is 1.57. The predicted molar refractivity (Wildman–Crippen MR) is 124 cm³/mol. The molecule has 2 atom stereocenters. The zero-order valence-corrected chi connectivity index (χ0v) is 18.4. The van der Waals surface area contributed by atoms with E-state index in [1.807, 2.05) is 36.7 Å².